The summed E-state index contributed by atoms with van der Waals surface area (Å²) in [6.07, 6.45) is 12.8. The first-order valence-electron chi connectivity index (χ1n) is 11.6. The first-order valence-corrected chi connectivity index (χ1v) is 11.6. The van der Waals surface area contributed by atoms with Gasteiger partial charge in [-0.25, -0.2) is 0 Å². The molecule has 30 heavy (non-hydrogen) atoms. The minimum atomic E-state index is -0.380. The fraction of sp³-hybridized carbons (Fsp3) is 0.615. The number of aliphatic hydroxyl groups excluding tert-OH is 1. The average Bonchev–Trinajstić information content (AvgIpc) is 2.70. The molecule has 1 aliphatic rings. The van der Waals surface area contributed by atoms with E-state index in [1.807, 2.05) is 13.0 Å². The summed E-state index contributed by atoms with van der Waals surface area (Å²) in [6, 6.07) is 0. The molecule has 1 aliphatic carbocycles. The summed E-state index contributed by atoms with van der Waals surface area (Å²) in [5.74, 6) is -0.961. The molecular weight excluding hydrogens is 374 g/mol. The van der Waals surface area contributed by atoms with Crippen LogP contribution in [0.2, 0.25) is 0 Å². The van der Waals surface area contributed by atoms with E-state index in [1.165, 1.54) is 5.57 Å². The van der Waals surface area contributed by atoms with Crippen molar-refractivity contribution in [2.45, 2.75) is 98.8 Å². The number of aliphatic hydroxyl groups is 1. The quantitative estimate of drug-likeness (QED) is 0.189. The van der Waals surface area contributed by atoms with Crippen molar-refractivity contribution in [2.75, 3.05) is 6.54 Å². The zero-order chi connectivity index (χ0) is 22.5. The van der Waals surface area contributed by atoms with E-state index in [2.05, 4.69) is 39.1 Å². The molecule has 0 amide bonds. The maximum absolute atomic E-state index is 13.2. The molecule has 0 aromatic carbocycles. The summed E-state index contributed by atoms with van der Waals surface area (Å²) in [6.45, 7) is 11.1. The van der Waals surface area contributed by atoms with Crippen molar-refractivity contribution in [1.82, 2.24) is 5.32 Å². The Balaban J connectivity index is 2.99. The summed E-state index contributed by atoms with van der Waals surface area (Å²) >= 11 is 0. The Kier molecular flexibility index (Phi) is 12.1. The lowest BCUT2D eigenvalue weighted by Gasteiger charge is -2.22. The Morgan fingerprint density at radius 1 is 0.900 bits per heavy atom. The maximum Gasteiger partial charge on any atom is 0.225 e. The molecule has 0 atom stereocenters. The van der Waals surface area contributed by atoms with E-state index in [0.717, 1.165) is 56.9 Å². The van der Waals surface area contributed by atoms with Gasteiger partial charge in [-0.05, 0) is 59.3 Å². The Labute approximate surface area is 183 Å². The smallest absolute Gasteiger partial charge is 0.225 e. The number of carbonyl (C=O) groups excluding carboxylic acids is 2. The van der Waals surface area contributed by atoms with Crippen molar-refractivity contribution in [3.63, 3.8) is 0 Å². The molecule has 168 valence electrons. The number of allylic oxidation sites excluding steroid dienone is 6. The van der Waals surface area contributed by atoms with Crippen LogP contribution in [0.5, 0.6) is 0 Å². The van der Waals surface area contributed by atoms with Crippen LogP contribution in [0.25, 0.3) is 0 Å². The highest BCUT2D eigenvalue weighted by Gasteiger charge is 2.33. The van der Waals surface area contributed by atoms with E-state index < -0.39 is 0 Å². The van der Waals surface area contributed by atoms with Gasteiger partial charge in [0.1, 0.15) is 0 Å². The predicted octanol–water partition coefficient (Wildman–Crippen LogP) is 6.65. The summed E-state index contributed by atoms with van der Waals surface area (Å²) < 4.78 is 0. The molecule has 0 radical (unpaired) electrons. The third-order valence-electron chi connectivity index (χ3n) is 5.44. The highest BCUT2D eigenvalue weighted by molar-refractivity contribution is 6.24. The van der Waals surface area contributed by atoms with Crippen molar-refractivity contribution >= 4 is 11.6 Å². The summed E-state index contributed by atoms with van der Waals surface area (Å²) in [7, 11) is 0. The van der Waals surface area contributed by atoms with Crippen LogP contribution in [0, 0.1) is 0 Å². The van der Waals surface area contributed by atoms with E-state index in [0.29, 0.717) is 30.7 Å². The second-order valence-corrected chi connectivity index (χ2v) is 8.50. The predicted molar refractivity (Wildman–Crippen MR) is 125 cm³/mol. The first kappa shape index (κ1) is 25.9. The number of carbonyl (C=O) groups is 2. The SMILES string of the molecule is CCCCCNC1=C(CCCCC)C(=O)C(O)=C(C/C=C(\C)CCC=C(C)C)C1=O. The number of rotatable bonds is 14. The van der Waals surface area contributed by atoms with Gasteiger partial charge < -0.3 is 10.4 Å². The number of ketones is 2. The van der Waals surface area contributed by atoms with Crippen LogP contribution in [-0.2, 0) is 9.59 Å². The molecule has 4 heteroatoms. The van der Waals surface area contributed by atoms with Gasteiger partial charge in [-0.1, -0.05) is 62.8 Å². The normalized spacial score (nSPS) is 15.2. The Morgan fingerprint density at radius 3 is 2.20 bits per heavy atom. The molecule has 0 saturated heterocycles. The number of nitrogens with one attached hydrogen (secondary N) is 1. The van der Waals surface area contributed by atoms with Crippen LogP contribution in [0.1, 0.15) is 98.8 Å². The third-order valence-corrected chi connectivity index (χ3v) is 5.44. The van der Waals surface area contributed by atoms with Crippen LogP contribution in [0.3, 0.4) is 0 Å². The van der Waals surface area contributed by atoms with Gasteiger partial charge in [-0.3, -0.25) is 9.59 Å². The third kappa shape index (κ3) is 8.33. The molecule has 4 nitrogen and oxygen atoms in total. The van der Waals surface area contributed by atoms with E-state index in [9.17, 15) is 14.7 Å². The minimum Gasteiger partial charge on any atom is -0.504 e. The van der Waals surface area contributed by atoms with E-state index in [4.69, 9.17) is 0 Å². The van der Waals surface area contributed by atoms with Gasteiger partial charge in [-0.15, -0.1) is 0 Å². The molecule has 0 aliphatic heterocycles. The molecule has 1 rings (SSSR count). The second-order valence-electron chi connectivity index (χ2n) is 8.50. The highest BCUT2D eigenvalue weighted by atomic mass is 16.3. The lowest BCUT2D eigenvalue weighted by atomic mass is 9.87. The molecule has 0 saturated carbocycles. The molecule has 0 fully saturated rings. The van der Waals surface area contributed by atoms with Gasteiger partial charge >= 0.3 is 0 Å². The monoisotopic (exact) mass is 415 g/mol. The molecule has 0 spiro atoms. The molecule has 0 bridgehead atoms. The summed E-state index contributed by atoms with van der Waals surface area (Å²) in [4.78, 5) is 26.1. The lowest BCUT2D eigenvalue weighted by molar-refractivity contribution is -0.118. The fourth-order valence-electron chi connectivity index (χ4n) is 3.51. The maximum atomic E-state index is 13.2. The van der Waals surface area contributed by atoms with Crippen molar-refractivity contribution < 1.29 is 14.7 Å². The Bertz CT molecular complexity index is 719. The zero-order valence-electron chi connectivity index (χ0n) is 19.7. The summed E-state index contributed by atoms with van der Waals surface area (Å²) in [5, 5.41) is 13.8. The van der Waals surface area contributed by atoms with Crippen LogP contribution < -0.4 is 5.32 Å². The van der Waals surface area contributed by atoms with Gasteiger partial charge in [0.2, 0.25) is 11.6 Å². The van der Waals surface area contributed by atoms with Gasteiger partial charge in [0.05, 0.1) is 11.3 Å². The van der Waals surface area contributed by atoms with E-state index >= 15 is 0 Å². The van der Waals surface area contributed by atoms with Crippen LogP contribution in [0.4, 0.5) is 0 Å². The van der Waals surface area contributed by atoms with Crippen molar-refractivity contribution in [3.05, 3.63) is 45.9 Å². The van der Waals surface area contributed by atoms with E-state index in [1.54, 1.807) is 0 Å². The first-order chi connectivity index (χ1) is 14.3. The lowest BCUT2D eigenvalue weighted by Crippen LogP contribution is -2.32. The molecule has 2 N–H and O–H groups in total. The summed E-state index contributed by atoms with van der Waals surface area (Å²) in [5.41, 5.74) is 3.53. The van der Waals surface area contributed by atoms with Crippen LogP contribution in [-0.4, -0.2) is 23.2 Å². The minimum absolute atomic E-state index is 0.219. The van der Waals surface area contributed by atoms with Gasteiger partial charge in [0.25, 0.3) is 0 Å². The average molecular weight is 416 g/mol. The number of hydrogen-bond acceptors (Lipinski definition) is 4. The Hall–Kier alpha value is -2.10. The van der Waals surface area contributed by atoms with Crippen molar-refractivity contribution in [2.24, 2.45) is 0 Å². The number of unbranched alkanes of at least 4 members (excludes halogenated alkanes) is 4. The van der Waals surface area contributed by atoms with E-state index in [-0.39, 0.29) is 22.9 Å². The number of hydrogen-bond donors (Lipinski definition) is 2. The molecule has 0 unspecified atom stereocenters. The molecular formula is C26H41NO3. The van der Waals surface area contributed by atoms with Crippen molar-refractivity contribution in [1.29, 1.82) is 0 Å². The molecule has 0 aromatic heterocycles. The van der Waals surface area contributed by atoms with Gasteiger partial charge in [-0.2, -0.15) is 0 Å². The van der Waals surface area contributed by atoms with Crippen LogP contribution >= 0.6 is 0 Å². The number of Topliss-reactive ketones (excluding diaryl/α,β-unsaturated/α-hetero) is 2. The van der Waals surface area contributed by atoms with Gasteiger partial charge in [0, 0.05) is 12.1 Å². The topological polar surface area (TPSA) is 66.4 Å². The van der Waals surface area contributed by atoms with Crippen molar-refractivity contribution in [3.8, 4) is 0 Å². The van der Waals surface area contributed by atoms with Gasteiger partial charge in [0.15, 0.2) is 5.76 Å². The molecule has 0 heterocycles. The second kappa shape index (κ2) is 14.0. The highest BCUT2D eigenvalue weighted by Crippen LogP contribution is 2.28. The molecule has 0 aromatic rings. The zero-order valence-corrected chi connectivity index (χ0v) is 19.7. The largest absolute Gasteiger partial charge is 0.504 e. The standard InChI is InChI=1S/C26H41NO3/c1-6-8-10-15-21-23(27-18-11-9-7-2)24(28)22(26(30)25(21)29)17-16-20(5)14-12-13-19(3)4/h13,16,27,30H,6-12,14-15,17-18H2,1-5H3/b20-16+. The van der Waals surface area contributed by atoms with Crippen LogP contribution in [0.15, 0.2) is 45.9 Å². The Morgan fingerprint density at radius 2 is 1.57 bits per heavy atom. The fourth-order valence-corrected chi connectivity index (χ4v) is 3.51.